The van der Waals surface area contributed by atoms with Gasteiger partial charge < -0.3 is 33.2 Å². The summed E-state index contributed by atoms with van der Waals surface area (Å²) in [7, 11) is 2.19. The van der Waals surface area contributed by atoms with Crippen LogP contribution in [0.3, 0.4) is 0 Å². The van der Waals surface area contributed by atoms with Gasteiger partial charge in [-0.05, 0) is 37.5 Å². The van der Waals surface area contributed by atoms with E-state index in [1.165, 1.54) is 38.5 Å². The molecule has 22 heavy (non-hydrogen) atoms. The highest BCUT2D eigenvalue weighted by Gasteiger charge is 2.28. The lowest BCUT2D eigenvalue weighted by Crippen LogP contribution is -3.00. The molecule has 0 spiro atoms. The zero-order chi connectivity index (χ0) is 15.7. The molecule has 0 radical (unpaired) electrons. The first-order valence-corrected chi connectivity index (χ1v) is 8.90. The lowest BCUT2D eigenvalue weighted by atomic mass is 9.98. The Morgan fingerprint density at radius 2 is 1.68 bits per heavy atom. The van der Waals surface area contributed by atoms with Gasteiger partial charge in [-0.15, -0.1) is 0 Å². The van der Waals surface area contributed by atoms with Crippen LogP contribution < -0.4 is 24.0 Å². The van der Waals surface area contributed by atoms with Gasteiger partial charge in [0.25, 0.3) is 0 Å². The third kappa shape index (κ3) is 10.0. The molecule has 1 unspecified atom stereocenters. The molecular weight excluding hydrogens is 389 g/mol. The van der Waals surface area contributed by atoms with Gasteiger partial charge in [-0.25, -0.2) is 4.79 Å². The number of quaternary nitrogens is 1. The molecule has 1 heterocycles. The van der Waals surface area contributed by atoms with E-state index in [0.717, 1.165) is 29.9 Å². The van der Waals surface area contributed by atoms with E-state index in [0.29, 0.717) is 19.1 Å². The number of carbonyl (C=O) groups excluding carboxylic acids is 1. The fourth-order valence-corrected chi connectivity index (χ4v) is 3.18. The molecule has 1 aliphatic heterocycles. The largest absolute Gasteiger partial charge is 1.00 e. The molecule has 0 amide bonds. The zero-order valence-corrected chi connectivity index (χ0v) is 17.2. The van der Waals surface area contributed by atoms with Crippen LogP contribution in [0.5, 0.6) is 0 Å². The van der Waals surface area contributed by atoms with E-state index in [2.05, 4.69) is 27.8 Å². The summed E-state index contributed by atoms with van der Waals surface area (Å²) < 4.78 is 6.33. The highest BCUT2D eigenvalue weighted by atomic mass is 127. The van der Waals surface area contributed by atoms with Crippen LogP contribution in [0.25, 0.3) is 0 Å². The van der Waals surface area contributed by atoms with Gasteiger partial charge >= 0.3 is 5.97 Å². The first-order chi connectivity index (χ1) is 9.91. The predicted molar refractivity (Wildman–Crippen MR) is 88.1 cm³/mol. The van der Waals surface area contributed by atoms with Gasteiger partial charge in [0.15, 0.2) is 6.54 Å². The topological polar surface area (TPSA) is 26.3 Å². The number of nitrogens with zero attached hydrogens (tertiary/aromatic N) is 1. The Hall–Kier alpha value is 0.160. The van der Waals surface area contributed by atoms with E-state index in [4.69, 9.17) is 4.74 Å². The second-order valence-electron chi connectivity index (χ2n) is 7.72. The number of halogens is 1. The fraction of sp³-hybridized carbons (Fsp3) is 0.944. The van der Waals surface area contributed by atoms with E-state index in [1.807, 2.05) is 0 Å². The third-order valence-corrected chi connectivity index (χ3v) is 4.76. The molecule has 132 valence electrons. The Morgan fingerprint density at radius 1 is 1.05 bits per heavy atom. The molecule has 0 aliphatic carbocycles. The van der Waals surface area contributed by atoms with Gasteiger partial charge in [0.05, 0.1) is 26.7 Å². The van der Waals surface area contributed by atoms with Crippen molar-refractivity contribution in [3.8, 4) is 0 Å². The van der Waals surface area contributed by atoms with Crippen LogP contribution in [-0.4, -0.2) is 43.7 Å². The Bertz CT molecular complexity index is 301. The Balaban J connectivity index is 0.00000441. The molecule has 4 heteroatoms. The molecule has 1 saturated heterocycles. The third-order valence-electron chi connectivity index (χ3n) is 4.76. The van der Waals surface area contributed by atoms with Crippen LogP contribution in [-0.2, 0) is 9.53 Å². The summed E-state index contributed by atoms with van der Waals surface area (Å²) in [6.07, 6.45) is 8.67. The predicted octanol–water partition coefficient (Wildman–Crippen LogP) is 1.02. The summed E-state index contributed by atoms with van der Waals surface area (Å²) in [6, 6.07) is 0. The van der Waals surface area contributed by atoms with Crippen molar-refractivity contribution in [2.24, 2.45) is 11.8 Å². The summed E-state index contributed by atoms with van der Waals surface area (Å²) in [4.78, 5) is 12.0. The molecule has 0 bridgehead atoms. The number of rotatable bonds is 9. The fourth-order valence-electron chi connectivity index (χ4n) is 3.18. The van der Waals surface area contributed by atoms with Crippen molar-refractivity contribution in [3.05, 3.63) is 0 Å². The Morgan fingerprint density at radius 3 is 2.27 bits per heavy atom. The summed E-state index contributed by atoms with van der Waals surface area (Å²) in [5.41, 5.74) is 0. The van der Waals surface area contributed by atoms with Gasteiger partial charge in [-0.3, -0.25) is 0 Å². The smallest absolute Gasteiger partial charge is 0.361 e. The van der Waals surface area contributed by atoms with Crippen molar-refractivity contribution in [2.45, 2.75) is 65.7 Å². The van der Waals surface area contributed by atoms with E-state index in [-0.39, 0.29) is 29.9 Å². The minimum atomic E-state index is -0.00576. The standard InChI is InChI=1S/C18H36NO2.HI/c1-16(2)9-8-10-17(3)11-14-21-18(20)15-19(4)12-6-5-7-13-19;/h16-17H,5-15H2,1-4H3;1H/q+1;/p-1. The quantitative estimate of drug-likeness (QED) is 0.313. The average molecular weight is 425 g/mol. The zero-order valence-electron chi connectivity index (χ0n) is 15.1. The number of likely N-dealkylation sites (tertiary alicyclic amines) is 1. The van der Waals surface area contributed by atoms with E-state index >= 15 is 0 Å². The van der Waals surface area contributed by atoms with E-state index < -0.39 is 0 Å². The van der Waals surface area contributed by atoms with Crippen molar-refractivity contribution in [3.63, 3.8) is 0 Å². The Labute approximate surface area is 154 Å². The highest BCUT2D eigenvalue weighted by Crippen LogP contribution is 2.17. The SMILES string of the molecule is CC(C)CCCC(C)CCOC(=O)C[N+]1(C)CCCCC1.[I-]. The van der Waals surface area contributed by atoms with Gasteiger partial charge in [0.1, 0.15) is 0 Å². The molecule has 0 saturated carbocycles. The summed E-state index contributed by atoms with van der Waals surface area (Å²) >= 11 is 0. The number of hydrogen-bond donors (Lipinski definition) is 0. The first kappa shape index (κ1) is 22.2. The van der Waals surface area contributed by atoms with Crippen LogP contribution >= 0.6 is 0 Å². The molecule has 0 N–H and O–H groups in total. The minimum Gasteiger partial charge on any atom is -1.00 e. The molecule has 0 aromatic heterocycles. The lowest BCUT2D eigenvalue weighted by Gasteiger charge is -2.36. The first-order valence-electron chi connectivity index (χ1n) is 8.90. The van der Waals surface area contributed by atoms with Crippen LogP contribution in [0.15, 0.2) is 0 Å². The monoisotopic (exact) mass is 425 g/mol. The maximum absolute atomic E-state index is 12.0. The van der Waals surface area contributed by atoms with Crippen LogP contribution in [0.4, 0.5) is 0 Å². The van der Waals surface area contributed by atoms with Crippen LogP contribution in [0.1, 0.15) is 65.7 Å². The maximum atomic E-state index is 12.0. The van der Waals surface area contributed by atoms with Crippen LogP contribution in [0.2, 0.25) is 0 Å². The van der Waals surface area contributed by atoms with Gasteiger partial charge in [-0.2, -0.15) is 0 Å². The normalized spacial score (nSPS) is 18.6. The minimum absolute atomic E-state index is 0. The maximum Gasteiger partial charge on any atom is 0.361 e. The summed E-state index contributed by atoms with van der Waals surface area (Å²) in [5, 5.41) is 0. The molecule has 1 atom stereocenters. The number of carbonyl (C=O) groups is 1. The summed E-state index contributed by atoms with van der Waals surface area (Å²) in [5.74, 6) is 1.45. The van der Waals surface area contributed by atoms with E-state index in [1.54, 1.807) is 0 Å². The number of likely N-dealkylation sites (N-methyl/N-ethyl adjacent to an activating group) is 1. The second kappa shape index (κ2) is 11.7. The van der Waals surface area contributed by atoms with Crippen molar-refractivity contribution >= 4 is 5.97 Å². The second-order valence-corrected chi connectivity index (χ2v) is 7.72. The Kier molecular flexibility index (Phi) is 11.7. The van der Waals surface area contributed by atoms with E-state index in [9.17, 15) is 4.79 Å². The molecule has 1 rings (SSSR count). The number of piperidine rings is 1. The van der Waals surface area contributed by atoms with Gasteiger partial charge in [-0.1, -0.05) is 40.0 Å². The molecular formula is C18H36INO2. The summed E-state index contributed by atoms with van der Waals surface area (Å²) in [6.45, 7) is 10.2. The van der Waals surface area contributed by atoms with Crippen molar-refractivity contribution in [1.82, 2.24) is 0 Å². The molecule has 1 fully saturated rings. The van der Waals surface area contributed by atoms with Gasteiger partial charge in [0.2, 0.25) is 0 Å². The van der Waals surface area contributed by atoms with Crippen molar-refractivity contribution in [2.75, 3.05) is 33.3 Å². The van der Waals surface area contributed by atoms with Crippen LogP contribution in [0, 0.1) is 11.8 Å². The average Bonchev–Trinajstić information content (AvgIpc) is 2.38. The van der Waals surface area contributed by atoms with Crippen molar-refractivity contribution in [1.29, 1.82) is 0 Å². The lowest BCUT2D eigenvalue weighted by molar-refractivity contribution is -0.907. The molecule has 1 aliphatic rings. The number of esters is 1. The molecule has 3 nitrogen and oxygen atoms in total. The molecule has 0 aromatic carbocycles. The molecule has 0 aromatic rings. The van der Waals surface area contributed by atoms with Gasteiger partial charge in [0, 0.05) is 0 Å². The number of ether oxygens (including phenoxy) is 1. The number of hydrogen-bond acceptors (Lipinski definition) is 2. The van der Waals surface area contributed by atoms with Crippen molar-refractivity contribution < 1.29 is 38.0 Å². The highest BCUT2D eigenvalue weighted by molar-refractivity contribution is 5.70.